The van der Waals surface area contributed by atoms with Crippen molar-refractivity contribution in [1.29, 1.82) is 0 Å². The molecule has 0 spiro atoms. The molecular weight excluding hydrogens is 392 g/mol. The van der Waals surface area contributed by atoms with E-state index >= 15 is 0 Å². The van der Waals surface area contributed by atoms with E-state index in [2.05, 4.69) is 19.2 Å². The highest BCUT2D eigenvalue weighted by atomic mass is 32.2. The van der Waals surface area contributed by atoms with E-state index in [0.717, 1.165) is 6.07 Å². The van der Waals surface area contributed by atoms with Crippen LogP contribution in [0, 0.1) is 0 Å². The van der Waals surface area contributed by atoms with Crippen LogP contribution in [0.5, 0.6) is 11.5 Å². The maximum absolute atomic E-state index is 11.5. The number of benzene rings is 2. The summed E-state index contributed by atoms with van der Waals surface area (Å²) in [6.07, 6.45) is 5.26. The molecule has 0 amide bonds. The second-order valence-corrected chi connectivity index (χ2v) is 7.91. The van der Waals surface area contributed by atoms with Crippen LogP contribution in [-0.2, 0) is 10.0 Å². The zero-order chi connectivity index (χ0) is 21.7. The molecule has 0 heterocycles. The Morgan fingerprint density at radius 2 is 1.62 bits per heavy atom. The third-order valence-electron chi connectivity index (χ3n) is 3.88. The van der Waals surface area contributed by atoms with E-state index in [1.165, 1.54) is 50.9 Å². The number of unbranched alkanes of at least 4 members (excludes halogenated alkanes) is 2. The van der Waals surface area contributed by atoms with E-state index in [9.17, 15) is 13.2 Å². The number of sulfonamides is 1. The SMILES string of the molecule is CCCCNCCCC.NS(=O)(=O)c1cc(C(=O)O)ccc1Oc1ccccc1. The first kappa shape index (κ1) is 24.6. The Bertz CT molecular complexity index is 849. The third kappa shape index (κ3) is 9.56. The van der Waals surface area contributed by atoms with Gasteiger partial charge in [0.2, 0.25) is 10.0 Å². The Morgan fingerprint density at radius 1 is 1.03 bits per heavy atom. The number of para-hydroxylation sites is 1. The molecule has 0 atom stereocenters. The van der Waals surface area contributed by atoms with Gasteiger partial charge >= 0.3 is 5.97 Å². The molecule has 0 radical (unpaired) electrons. The summed E-state index contributed by atoms with van der Waals surface area (Å²) in [5, 5.41) is 17.3. The lowest BCUT2D eigenvalue weighted by molar-refractivity contribution is 0.0696. The van der Waals surface area contributed by atoms with Gasteiger partial charge in [-0.1, -0.05) is 44.9 Å². The first-order chi connectivity index (χ1) is 13.8. The van der Waals surface area contributed by atoms with Crippen LogP contribution in [0.2, 0.25) is 0 Å². The third-order valence-corrected chi connectivity index (χ3v) is 4.81. The Labute approximate surface area is 172 Å². The van der Waals surface area contributed by atoms with E-state index < -0.39 is 16.0 Å². The number of carboxylic acids is 1. The fourth-order valence-corrected chi connectivity index (χ4v) is 2.97. The zero-order valence-electron chi connectivity index (χ0n) is 16.9. The lowest BCUT2D eigenvalue weighted by Crippen LogP contribution is -2.15. The molecule has 160 valence electrons. The first-order valence-corrected chi connectivity index (χ1v) is 11.2. The van der Waals surface area contributed by atoms with Crippen molar-refractivity contribution in [3.63, 3.8) is 0 Å². The van der Waals surface area contributed by atoms with Crippen LogP contribution < -0.4 is 15.2 Å². The highest BCUT2D eigenvalue weighted by Crippen LogP contribution is 2.29. The molecule has 0 bridgehead atoms. The summed E-state index contributed by atoms with van der Waals surface area (Å²) in [5.74, 6) is -0.856. The van der Waals surface area contributed by atoms with Crippen LogP contribution in [0.4, 0.5) is 0 Å². The minimum atomic E-state index is -4.10. The van der Waals surface area contributed by atoms with Gasteiger partial charge in [0.1, 0.15) is 16.4 Å². The van der Waals surface area contributed by atoms with Crippen LogP contribution in [0.3, 0.4) is 0 Å². The van der Waals surface area contributed by atoms with Crippen molar-refractivity contribution in [2.24, 2.45) is 5.14 Å². The standard InChI is InChI=1S/C13H11NO5S.C8H19N/c14-20(17,18)12-8-9(13(15)16)6-7-11(12)19-10-4-2-1-3-5-10;1-3-5-7-9-8-6-4-2/h1-8H,(H,15,16)(H2,14,17,18);9H,3-8H2,1-2H3. The van der Waals surface area contributed by atoms with Gasteiger partial charge in [0.05, 0.1) is 5.56 Å². The second-order valence-electron chi connectivity index (χ2n) is 6.38. The predicted octanol–water partition coefficient (Wildman–Crippen LogP) is 4.00. The molecule has 4 N–H and O–H groups in total. The van der Waals surface area contributed by atoms with Gasteiger partial charge in [-0.3, -0.25) is 0 Å². The summed E-state index contributed by atoms with van der Waals surface area (Å²) in [7, 11) is -4.10. The maximum atomic E-state index is 11.5. The molecule has 0 saturated heterocycles. The highest BCUT2D eigenvalue weighted by molar-refractivity contribution is 7.89. The van der Waals surface area contributed by atoms with Crippen molar-refractivity contribution in [2.75, 3.05) is 13.1 Å². The van der Waals surface area contributed by atoms with E-state index in [0.29, 0.717) is 5.75 Å². The van der Waals surface area contributed by atoms with Crippen molar-refractivity contribution >= 4 is 16.0 Å². The number of primary sulfonamides is 1. The van der Waals surface area contributed by atoms with E-state index in [-0.39, 0.29) is 16.2 Å². The van der Waals surface area contributed by atoms with E-state index in [4.69, 9.17) is 15.0 Å². The number of nitrogens with two attached hydrogens (primary N) is 1. The molecule has 0 saturated carbocycles. The largest absolute Gasteiger partial charge is 0.478 e. The number of hydrogen-bond acceptors (Lipinski definition) is 5. The first-order valence-electron chi connectivity index (χ1n) is 9.63. The number of rotatable bonds is 10. The summed E-state index contributed by atoms with van der Waals surface area (Å²) in [6, 6.07) is 12.0. The van der Waals surface area contributed by atoms with Gasteiger partial charge in [0, 0.05) is 0 Å². The molecule has 7 nitrogen and oxygen atoms in total. The molecule has 2 rings (SSSR count). The summed E-state index contributed by atoms with van der Waals surface area (Å²) in [4.78, 5) is 10.5. The van der Waals surface area contributed by atoms with Gasteiger partial charge in [-0.2, -0.15) is 0 Å². The molecule has 0 aromatic heterocycles. The quantitative estimate of drug-likeness (QED) is 0.498. The molecule has 2 aromatic carbocycles. The minimum Gasteiger partial charge on any atom is -0.478 e. The van der Waals surface area contributed by atoms with Crippen molar-refractivity contribution in [3.05, 3.63) is 54.1 Å². The summed E-state index contributed by atoms with van der Waals surface area (Å²) < 4.78 is 28.5. The van der Waals surface area contributed by atoms with Crippen LogP contribution in [0.1, 0.15) is 49.9 Å². The number of hydrogen-bond donors (Lipinski definition) is 3. The molecule has 8 heteroatoms. The number of carboxylic acid groups (broad SMARTS) is 1. The van der Waals surface area contributed by atoms with Gasteiger partial charge in [-0.05, 0) is 56.3 Å². The Kier molecular flexibility index (Phi) is 11.0. The van der Waals surface area contributed by atoms with Gasteiger partial charge in [0.25, 0.3) is 0 Å². The van der Waals surface area contributed by atoms with E-state index in [1.807, 2.05) is 0 Å². The number of ether oxygens (including phenoxy) is 1. The molecule has 0 aliphatic carbocycles. The molecule has 0 unspecified atom stereocenters. The Balaban J connectivity index is 0.000000396. The average Bonchev–Trinajstić information content (AvgIpc) is 2.68. The fourth-order valence-electron chi connectivity index (χ4n) is 2.29. The summed E-state index contributed by atoms with van der Waals surface area (Å²) in [5.41, 5.74) is -0.186. The molecular formula is C21H30N2O5S. The van der Waals surface area contributed by atoms with Gasteiger partial charge in [0.15, 0.2) is 0 Å². The number of nitrogens with one attached hydrogen (secondary N) is 1. The lowest BCUT2D eigenvalue weighted by atomic mass is 10.2. The highest BCUT2D eigenvalue weighted by Gasteiger charge is 2.18. The van der Waals surface area contributed by atoms with Crippen LogP contribution in [-0.4, -0.2) is 32.6 Å². The fraction of sp³-hybridized carbons (Fsp3) is 0.381. The molecule has 2 aromatic rings. The van der Waals surface area contributed by atoms with Crippen molar-refractivity contribution in [1.82, 2.24) is 5.32 Å². The average molecular weight is 423 g/mol. The van der Waals surface area contributed by atoms with Crippen molar-refractivity contribution in [2.45, 2.75) is 44.4 Å². The molecule has 0 fully saturated rings. The summed E-state index contributed by atoms with van der Waals surface area (Å²) in [6.45, 7) is 6.86. The maximum Gasteiger partial charge on any atom is 0.335 e. The van der Waals surface area contributed by atoms with Crippen LogP contribution >= 0.6 is 0 Å². The minimum absolute atomic E-state index is 0.0244. The number of carbonyl (C=O) groups is 1. The van der Waals surface area contributed by atoms with Gasteiger partial charge < -0.3 is 15.2 Å². The lowest BCUT2D eigenvalue weighted by Gasteiger charge is -2.10. The Morgan fingerprint density at radius 3 is 2.10 bits per heavy atom. The summed E-state index contributed by atoms with van der Waals surface area (Å²) >= 11 is 0. The molecule has 0 aliphatic rings. The second kappa shape index (κ2) is 12.9. The molecule has 29 heavy (non-hydrogen) atoms. The smallest absolute Gasteiger partial charge is 0.335 e. The van der Waals surface area contributed by atoms with Crippen molar-refractivity contribution < 1.29 is 23.1 Å². The monoisotopic (exact) mass is 422 g/mol. The topological polar surface area (TPSA) is 119 Å². The zero-order valence-corrected chi connectivity index (χ0v) is 17.7. The van der Waals surface area contributed by atoms with E-state index in [1.54, 1.807) is 30.3 Å². The van der Waals surface area contributed by atoms with Gasteiger partial charge in [-0.25, -0.2) is 18.4 Å². The van der Waals surface area contributed by atoms with Gasteiger partial charge in [-0.15, -0.1) is 0 Å². The predicted molar refractivity (Wildman–Crippen MR) is 114 cm³/mol. The number of aromatic carboxylic acids is 1. The Hall–Kier alpha value is -2.42. The normalized spacial score (nSPS) is 10.7. The molecule has 0 aliphatic heterocycles. The van der Waals surface area contributed by atoms with Crippen LogP contribution in [0.25, 0.3) is 0 Å². The van der Waals surface area contributed by atoms with Crippen LogP contribution in [0.15, 0.2) is 53.4 Å². The van der Waals surface area contributed by atoms with Crippen molar-refractivity contribution in [3.8, 4) is 11.5 Å².